The van der Waals surface area contributed by atoms with E-state index in [4.69, 9.17) is 16.3 Å². The summed E-state index contributed by atoms with van der Waals surface area (Å²) in [5.41, 5.74) is 0.314. The van der Waals surface area contributed by atoms with Crippen LogP contribution in [0.4, 0.5) is 0 Å². The molecule has 0 amide bonds. The number of cyclic esters (lactones) is 1. The first-order valence-electron chi connectivity index (χ1n) is 9.37. The molecule has 3 fully saturated rings. The van der Waals surface area contributed by atoms with Crippen LogP contribution in [0.1, 0.15) is 65.7 Å². The Morgan fingerprint density at radius 3 is 2.67 bits per heavy atom. The van der Waals surface area contributed by atoms with Crippen molar-refractivity contribution in [3.63, 3.8) is 0 Å². The van der Waals surface area contributed by atoms with E-state index >= 15 is 0 Å². The van der Waals surface area contributed by atoms with Gasteiger partial charge in [0, 0.05) is 12.0 Å². The summed E-state index contributed by atoms with van der Waals surface area (Å²) in [5, 5.41) is 11.3. The highest BCUT2D eigenvalue weighted by molar-refractivity contribution is 6.18. The number of alkyl halides is 1. The Labute approximate surface area is 150 Å². The van der Waals surface area contributed by atoms with Gasteiger partial charge in [-0.25, -0.2) is 4.79 Å². The number of halogens is 1. The fourth-order valence-corrected chi connectivity index (χ4v) is 6.35. The van der Waals surface area contributed by atoms with Crippen molar-refractivity contribution >= 4 is 17.6 Å². The first-order valence-corrected chi connectivity index (χ1v) is 9.91. The Hall–Kier alpha value is -0.540. The van der Waals surface area contributed by atoms with Crippen LogP contribution < -0.4 is 0 Å². The molecule has 3 aliphatic rings. The van der Waals surface area contributed by atoms with E-state index in [0.717, 1.165) is 31.3 Å². The molecule has 0 aromatic rings. The molecule has 0 unspecified atom stereocenters. The summed E-state index contributed by atoms with van der Waals surface area (Å²) in [4.78, 5) is 11.8. The summed E-state index contributed by atoms with van der Waals surface area (Å²) >= 11 is 6.24. The van der Waals surface area contributed by atoms with Gasteiger partial charge in [0.25, 0.3) is 0 Å². The minimum atomic E-state index is -0.834. The van der Waals surface area contributed by atoms with Gasteiger partial charge in [0.1, 0.15) is 0 Å². The molecule has 1 N–H and O–H groups in total. The second kappa shape index (κ2) is 6.32. The van der Waals surface area contributed by atoms with E-state index in [-0.39, 0.29) is 23.2 Å². The van der Waals surface area contributed by atoms with E-state index < -0.39 is 5.60 Å². The third kappa shape index (κ3) is 2.92. The molecule has 24 heavy (non-hydrogen) atoms. The van der Waals surface area contributed by atoms with E-state index in [2.05, 4.69) is 20.8 Å². The fourth-order valence-electron chi connectivity index (χ4n) is 6.03. The molecule has 1 heterocycles. The van der Waals surface area contributed by atoms with E-state index in [1.54, 1.807) is 0 Å². The highest BCUT2D eigenvalue weighted by atomic mass is 35.5. The van der Waals surface area contributed by atoms with Crippen LogP contribution in [-0.4, -0.2) is 29.2 Å². The zero-order valence-electron chi connectivity index (χ0n) is 15.2. The largest absolute Gasteiger partial charge is 0.462 e. The number of rotatable bonds is 3. The van der Waals surface area contributed by atoms with Crippen LogP contribution in [-0.2, 0) is 9.53 Å². The van der Waals surface area contributed by atoms with E-state index in [9.17, 15) is 9.90 Å². The van der Waals surface area contributed by atoms with Gasteiger partial charge in [-0.1, -0.05) is 33.3 Å². The van der Waals surface area contributed by atoms with Crippen LogP contribution >= 0.6 is 11.6 Å². The Morgan fingerprint density at radius 2 is 2.04 bits per heavy atom. The summed E-state index contributed by atoms with van der Waals surface area (Å²) in [5.74, 6) is 0.780. The van der Waals surface area contributed by atoms with E-state index in [1.807, 2.05) is 6.08 Å². The zero-order chi connectivity index (χ0) is 17.6. The van der Waals surface area contributed by atoms with E-state index in [1.165, 1.54) is 12.8 Å². The predicted octanol–water partition coefficient (Wildman–Crippen LogP) is 4.46. The predicted molar refractivity (Wildman–Crippen MR) is 95.9 cm³/mol. The van der Waals surface area contributed by atoms with Crippen molar-refractivity contribution < 1.29 is 14.6 Å². The van der Waals surface area contributed by atoms with Crippen LogP contribution in [0.15, 0.2) is 11.6 Å². The minimum Gasteiger partial charge on any atom is -0.462 e. The average Bonchev–Trinajstić information content (AvgIpc) is 2.91. The Morgan fingerprint density at radius 1 is 1.29 bits per heavy atom. The molecule has 2 aliphatic carbocycles. The average molecular weight is 355 g/mol. The quantitative estimate of drug-likeness (QED) is 0.462. The molecule has 0 aromatic carbocycles. The van der Waals surface area contributed by atoms with Crippen LogP contribution in [0.2, 0.25) is 0 Å². The third-order valence-electron chi connectivity index (χ3n) is 7.28. The maximum atomic E-state index is 11.8. The van der Waals surface area contributed by atoms with Crippen molar-refractivity contribution in [1.82, 2.24) is 0 Å². The topological polar surface area (TPSA) is 46.5 Å². The van der Waals surface area contributed by atoms with Gasteiger partial charge < -0.3 is 9.84 Å². The molecular formula is C20H31ClO3. The zero-order valence-corrected chi connectivity index (χ0v) is 16.0. The number of aliphatic hydroxyl groups is 1. The molecule has 0 bridgehead atoms. The second-order valence-corrected chi connectivity index (χ2v) is 9.35. The molecule has 3 nitrogen and oxygen atoms in total. The lowest BCUT2D eigenvalue weighted by molar-refractivity contribution is -0.164. The first kappa shape index (κ1) is 18.3. The van der Waals surface area contributed by atoms with Crippen LogP contribution in [0.25, 0.3) is 0 Å². The summed E-state index contributed by atoms with van der Waals surface area (Å²) in [7, 11) is 0. The molecule has 1 saturated heterocycles. The summed E-state index contributed by atoms with van der Waals surface area (Å²) in [6, 6.07) is 0. The fraction of sp³-hybridized carbons (Fsp3) is 0.850. The first-order chi connectivity index (χ1) is 11.2. The molecule has 3 rings (SSSR count). The second-order valence-electron chi connectivity index (χ2n) is 9.08. The lowest BCUT2D eigenvalue weighted by atomic mass is 9.45. The van der Waals surface area contributed by atoms with Crippen molar-refractivity contribution in [1.29, 1.82) is 0 Å². The molecule has 1 aliphatic heterocycles. The molecule has 0 aromatic heterocycles. The van der Waals surface area contributed by atoms with Gasteiger partial charge in [-0.05, 0) is 54.8 Å². The number of esters is 1. The number of hydrogen-bond donors (Lipinski definition) is 1. The summed E-state index contributed by atoms with van der Waals surface area (Å²) in [6.45, 7) is 7.60. The Kier molecular flexibility index (Phi) is 4.81. The van der Waals surface area contributed by atoms with Gasteiger partial charge in [0.15, 0.2) is 0 Å². The summed E-state index contributed by atoms with van der Waals surface area (Å²) < 4.78 is 5.05. The third-order valence-corrected chi connectivity index (χ3v) is 7.75. The van der Waals surface area contributed by atoms with Gasteiger partial charge in [-0.2, -0.15) is 0 Å². The van der Waals surface area contributed by atoms with Crippen LogP contribution in [0.5, 0.6) is 0 Å². The van der Waals surface area contributed by atoms with Crippen molar-refractivity contribution in [3.8, 4) is 0 Å². The number of carbonyl (C=O) groups excluding carboxylic acids is 1. The van der Waals surface area contributed by atoms with Gasteiger partial charge in [0.05, 0.1) is 18.1 Å². The monoisotopic (exact) mass is 354 g/mol. The van der Waals surface area contributed by atoms with Crippen molar-refractivity contribution in [3.05, 3.63) is 11.6 Å². The van der Waals surface area contributed by atoms with Crippen molar-refractivity contribution in [2.75, 3.05) is 12.5 Å². The van der Waals surface area contributed by atoms with Crippen LogP contribution in [0, 0.1) is 22.7 Å². The maximum Gasteiger partial charge on any atom is 0.333 e. The number of hydrogen-bond acceptors (Lipinski definition) is 3. The number of allylic oxidation sites excluding steroid dienone is 1. The summed E-state index contributed by atoms with van der Waals surface area (Å²) in [6.07, 6.45) is 8.83. The molecule has 0 spiro atoms. The highest BCUT2D eigenvalue weighted by Gasteiger charge is 2.58. The van der Waals surface area contributed by atoms with Crippen molar-refractivity contribution in [2.24, 2.45) is 22.7 Å². The molecule has 2 saturated carbocycles. The standard InChI is InChI=1S/C20H31ClO3/c1-18(2)9-4-10-19(3)15(18)7-11-20(23,13-21)16(19)6-5-14-8-12-24-17(14)22/h5,15-16,23H,4,6-13H2,1-3H3/b14-5+/t15-,16+,19-,20-/m0/s1. The van der Waals surface area contributed by atoms with Gasteiger partial charge >= 0.3 is 5.97 Å². The lowest BCUT2D eigenvalue weighted by Gasteiger charge is -2.61. The molecule has 0 radical (unpaired) electrons. The van der Waals surface area contributed by atoms with Gasteiger partial charge in [-0.3, -0.25) is 0 Å². The molecule has 136 valence electrons. The van der Waals surface area contributed by atoms with Crippen LogP contribution in [0.3, 0.4) is 0 Å². The van der Waals surface area contributed by atoms with Gasteiger partial charge in [-0.15, -0.1) is 11.6 Å². The Bertz CT molecular complexity index is 541. The number of carbonyl (C=O) groups is 1. The van der Waals surface area contributed by atoms with Gasteiger partial charge in [0.2, 0.25) is 0 Å². The Balaban J connectivity index is 1.92. The minimum absolute atomic E-state index is 0.0726. The maximum absolute atomic E-state index is 11.8. The van der Waals surface area contributed by atoms with Crippen molar-refractivity contribution in [2.45, 2.75) is 71.3 Å². The highest BCUT2D eigenvalue weighted by Crippen LogP contribution is 2.63. The number of fused-ring (bicyclic) bond motifs is 1. The molecule has 4 heteroatoms. The molecular weight excluding hydrogens is 324 g/mol. The number of ether oxygens (including phenoxy) is 1. The lowest BCUT2D eigenvalue weighted by Crippen LogP contribution is -2.59. The van der Waals surface area contributed by atoms with E-state index in [0.29, 0.717) is 24.4 Å². The normalized spacial score (nSPS) is 43.5. The molecule has 4 atom stereocenters. The smallest absolute Gasteiger partial charge is 0.333 e. The SMILES string of the molecule is CC1(C)CCC[C@@]2(C)[C@H]1CC[C@](O)(CCl)[C@@H]2C/C=C1\CCOC1=O.